The average Bonchev–Trinajstić information content (AvgIpc) is 1.81. The number of unbranched alkanes of at least 4 members (excludes halogenated alkanes) is 1. The van der Waals surface area contributed by atoms with Gasteiger partial charge >= 0.3 is 0 Å². The Kier molecular flexibility index (Phi) is 4.63. The molecular formula is C6H15NO3S. The lowest BCUT2D eigenvalue weighted by Gasteiger charge is -2.07. The van der Waals surface area contributed by atoms with Gasteiger partial charge in [-0.05, 0) is 13.3 Å². The lowest BCUT2D eigenvalue weighted by atomic mass is 10.4. The third-order valence-electron chi connectivity index (χ3n) is 1.12. The van der Waals surface area contributed by atoms with E-state index in [2.05, 4.69) is 4.72 Å². The molecule has 5 heteroatoms. The third-order valence-corrected chi connectivity index (χ3v) is 2.64. The molecule has 1 unspecified atom stereocenters. The Morgan fingerprint density at radius 2 is 2.09 bits per heavy atom. The highest BCUT2D eigenvalue weighted by Gasteiger charge is 2.10. The summed E-state index contributed by atoms with van der Waals surface area (Å²) in [6.45, 7) is 3.29. The second kappa shape index (κ2) is 4.69. The van der Waals surface area contributed by atoms with Crippen molar-refractivity contribution in [3.63, 3.8) is 0 Å². The summed E-state index contributed by atoms with van der Waals surface area (Å²) in [7, 11) is -3.24. The predicted molar refractivity (Wildman–Crippen MR) is 43.5 cm³/mol. The van der Waals surface area contributed by atoms with Crippen LogP contribution < -0.4 is 4.72 Å². The van der Waals surface area contributed by atoms with Crippen LogP contribution in [0.5, 0.6) is 0 Å². The van der Waals surface area contributed by atoms with Crippen LogP contribution >= 0.6 is 0 Å². The van der Waals surface area contributed by atoms with Crippen molar-refractivity contribution in [2.24, 2.45) is 0 Å². The van der Waals surface area contributed by atoms with Gasteiger partial charge in [0.05, 0.1) is 5.75 Å². The SMILES string of the molecule is CCCCS(=O)(=O)NC(C)O. The first-order valence-corrected chi connectivity index (χ1v) is 5.31. The minimum atomic E-state index is -3.24. The maximum absolute atomic E-state index is 10.9. The van der Waals surface area contributed by atoms with Gasteiger partial charge in [0.15, 0.2) is 0 Å². The van der Waals surface area contributed by atoms with Crippen molar-refractivity contribution in [1.82, 2.24) is 4.72 Å². The number of nitrogens with one attached hydrogen (secondary N) is 1. The van der Waals surface area contributed by atoms with Crippen molar-refractivity contribution in [1.29, 1.82) is 0 Å². The molecule has 0 aliphatic heterocycles. The summed E-state index contributed by atoms with van der Waals surface area (Å²) in [6.07, 6.45) is 0.472. The molecule has 0 aromatic carbocycles. The molecule has 0 aliphatic carbocycles. The third kappa shape index (κ3) is 6.28. The number of sulfonamides is 1. The first-order valence-electron chi connectivity index (χ1n) is 3.66. The summed E-state index contributed by atoms with van der Waals surface area (Å²) in [6, 6.07) is 0. The zero-order chi connectivity index (χ0) is 8.91. The van der Waals surface area contributed by atoms with Gasteiger partial charge in [0.2, 0.25) is 10.0 Å². The summed E-state index contributed by atoms with van der Waals surface area (Å²) in [4.78, 5) is 0. The van der Waals surface area contributed by atoms with E-state index in [-0.39, 0.29) is 5.75 Å². The summed E-state index contributed by atoms with van der Waals surface area (Å²) in [5.74, 6) is 0.0917. The van der Waals surface area contributed by atoms with E-state index < -0.39 is 16.3 Å². The summed E-state index contributed by atoms with van der Waals surface area (Å²) >= 11 is 0. The standard InChI is InChI=1S/C6H15NO3S/c1-3-4-5-11(9,10)7-6(2)8/h6-8H,3-5H2,1-2H3. The van der Waals surface area contributed by atoms with Crippen LogP contribution in [0.2, 0.25) is 0 Å². The van der Waals surface area contributed by atoms with Crippen LogP contribution in [-0.2, 0) is 10.0 Å². The van der Waals surface area contributed by atoms with Crippen molar-refractivity contribution < 1.29 is 13.5 Å². The van der Waals surface area contributed by atoms with E-state index >= 15 is 0 Å². The normalized spacial score (nSPS) is 14.8. The smallest absolute Gasteiger partial charge is 0.213 e. The number of aliphatic hydroxyl groups is 1. The second-order valence-corrected chi connectivity index (χ2v) is 4.34. The summed E-state index contributed by atoms with van der Waals surface area (Å²) in [5, 5.41) is 8.70. The molecule has 68 valence electrons. The molecule has 0 spiro atoms. The van der Waals surface area contributed by atoms with Crippen LogP contribution in [0.15, 0.2) is 0 Å². The van der Waals surface area contributed by atoms with Gasteiger partial charge in [-0.15, -0.1) is 0 Å². The summed E-state index contributed by atoms with van der Waals surface area (Å²) in [5.41, 5.74) is 0. The Bertz CT molecular complexity index is 186. The van der Waals surface area contributed by atoms with Gasteiger partial charge < -0.3 is 5.11 Å². The van der Waals surface area contributed by atoms with Gasteiger partial charge in [-0.2, -0.15) is 4.72 Å². The largest absolute Gasteiger partial charge is 0.378 e. The van der Waals surface area contributed by atoms with E-state index in [1.165, 1.54) is 6.92 Å². The molecule has 0 saturated carbocycles. The molecule has 2 N–H and O–H groups in total. The number of rotatable bonds is 5. The quantitative estimate of drug-likeness (QED) is 0.589. The van der Waals surface area contributed by atoms with Gasteiger partial charge in [0.25, 0.3) is 0 Å². The number of aliphatic hydroxyl groups excluding tert-OH is 1. The monoisotopic (exact) mass is 181 g/mol. The molecule has 4 nitrogen and oxygen atoms in total. The summed E-state index contributed by atoms with van der Waals surface area (Å²) < 4.78 is 23.9. The van der Waals surface area contributed by atoms with E-state index in [9.17, 15) is 8.42 Å². The molecular weight excluding hydrogens is 166 g/mol. The molecule has 0 rings (SSSR count). The second-order valence-electron chi connectivity index (χ2n) is 2.47. The maximum Gasteiger partial charge on any atom is 0.213 e. The number of hydrogen-bond acceptors (Lipinski definition) is 3. The molecule has 0 aromatic rings. The first-order chi connectivity index (χ1) is 4.98. The molecule has 0 saturated heterocycles. The Hall–Kier alpha value is -0.130. The van der Waals surface area contributed by atoms with Crippen LogP contribution in [0.1, 0.15) is 26.7 Å². The predicted octanol–water partition coefficient (Wildman–Crippen LogP) is 0.0442. The molecule has 0 heterocycles. The average molecular weight is 181 g/mol. The van der Waals surface area contributed by atoms with Gasteiger partial charge in [-0.3, -0.25) is 0 Å². The van der Waals surface area contributed by atoms with Gasteiger partial charge in [-0.25, -0.2) is 8.42 Å². The minimum absolute atomic E-state index is 0.0917. The molecule has 0 fully saturated rings. The zero-order valence-corrected chi connectivity index (χ0v) is 7.69. The minimum Gasteiger partial charge on any atom is -0.378 e. The zero-order valence-electron chi connectivity index (χ0n) is 6.87. The topological polar surface area (TPSA) is 66.4 Å². The molecule has 0 bridgehead atoms. The van der Waals surface area contributed by atoms with Crippen LogP contribution in [0.4, 0.5) is 0 Å². The lowest BCUT2D eigenvalue weighted by molar-refractivity contribution is 0.184. The van der Waals surface area contributed by atoms with E-state index in [0.717, 1.165) is 6.42 Å². The van der Waals surface area contributed by atoms with Crippen molar-refractivity contribution in [2.75, 3.05) is 5.75 Å². The Balaban J connectivity index is 3.82. The maximum atomic E-state index is 10.9. The lowest BCUT2D eigenvalue weighted by Crippen LogP contribution is -2.33. The van der Waals surface area contributed by atoms with Gasteiger partial charge in [0.1, 0.15) is 6.23 Å². The van der Waals surface area contributed by atoms with Crippen molar-refractivity contribution in [3.05, 3.63) is 0 Å². The Labute approximate surface area is 67.7 Å². The highest BCUT2D eigenvalue weighted by Crippen LogP contribution is 1.93. The molecule has 11 heavy (non-hydrogen) atoms. The van der Waals surface area contributed by atoms with Crippen LogP contribution in [0, 0.1) is 0 Å². The van der Waals surface area contributed by atoms with E-state index in [4.69, 9.17) is 5.11 Å². The van der Waals surface area contributed by atoms with Crippen LogP contribution in [0.3, 0.4) is 0 Å². The molecule has 0 amide bonds. The Morgan fingerprint density at radius 1 is 1.55 bits per heavy atom. The molecule has 0 radical (unpaired) electrons. The van der Waals surface area contributed by atoms with E-state index in [1.807, 2.05) is 6.92 Å². The molecule has 0 aromatic heterocycles. The molecule has 0 aliphatic rings. The number of hydrogen-bond donors (Lipinski definition) is 2. The van der Waals surface area contributed by atoms with Gasteiger partial charge in [-0.1, -0.05) is 13.3 Å². The van der Waals surface area contributed by atoms with Crippen molar-refractivity contribution in [2.45, 2.75) is 32.9 Å². The fraction of sp³-hybridized carbons (Fsp3) is 1.00. The van der Waals surface area contributed by atoms with Gasteiger partial charge in [0, 0.05) is 0 Å². The van der Waals surface area contributed by atoms with Crippen molar-refractivity contribution >= 4 is 10.0 Å². The van der Waals surface area contributed by atoms with Crippen LogP contribution in [-0.4, -0.2) is 25.5 Å². The fourth-order valence-electron chi connectivity index (χ4n) is 0.653. The van der Waals surface area contributed by atoms with E-state index in [1.54, 1.807) is 0 Å². The fourth-order valence-corrected chi connectivity index (χ4v) is 1.96. The van der Waals surface area contributed by atoms with Crippen molar-refractivity contribution in [3.8, 4) is 0 Å². The van der Waals surface area contributed by atoms with E-state index in [0.29, 0.717) is 6.42 Å². The highest BCUT2D eigenvalue weighted by atomic mass is 32.2. The highest BCUT2D eigenvalue weighted by molar-refractivity contribution is 7.89. The first kappa shape index (κ1) is 10.9. The Morgan fingerprint density at radius 3 is 2.45 bits per heavy atom. The van der Waals surface area contributed by atoms with Crippen LogP contribution in [0.25, 0.3) is 0 Å². The molecule has 1 atom stereocenters.